The molecule has 0 fully saturated rings. The molecule has 2 aromatic carbocycles. The van der Waals surface area contributed by atoms with Crippen LogP contribution in [0.5, 0.6) is 5.75 Å². The third-order valence-corrected chi connectivity index (χ3v) is 3.75. The fourth-order valence-electron chi connectivity index (χ4n) is 1.96. The van der Waals surface area contributed by atoms with Crippen LogP contribution in [0.3, 0.4) is 0 Å². The van der Waals surface area contributed by atoms with Gasteiger partial charge in [0.25, 0.3) is 0 Å². The number of nitro groups is 1. The van der Waals surface area contributed by atoms with Gasteiger partial charge in [-0.25, -0.2) is 0 Å². The molecule has 21 heavy (non-hydrogen) atoms. The summed E-state index contributed by atoms with van der Waals surface area (Å²) >= 11 is 1.15. The molecule has 0 unspecified atom stereocenters. The fourth-order valence-corrected chi connectivity index (χ4v) is 2.58. The van der Waals surface area contributed by atoms with Gasteiger partial charge in [-0.3, -0.25) is 10.1 Å². The average Bonchev–Trinajstić information content (AvgIpc) is 2.47. The summed E-state index contributed by atoms with van der Waals surface area (Å²) in [6, 6.07) is 12.9. The Balaban J connectivity index is 2.24. The van der Waals surface area contributed by atoms with Gasteiger partial charge in [0, 0.05) is 16.5 Å². The molecule has 0 aliphatic heterocycles. The van der Waals surface area contributed by atoms with Crippen LogP contribution in [-0.4, -0.2) is 4.92 Å². The predicted molar refractivity (Wildman–Crippen MR) is 84.8 cm³/mol. The van der Waals surface area contributed by atoms with Crippen LogP contribution in [0.1, 0.15) is 24.5 Å². The summed E-state index contributed by atoms with van der Waals surface area (Å²) in [5, 5.41) is 11.2. The first-order valence-electron chi connectivity index (χ1n) is 6.79. The van der Waals surface area contributed by atoms with Crippen molar-refractivity contribution in [3.8, 4) is 5.75 Å². The number of aryl methyl sites for hydroxylation is 2. The molecule has 2 rings (SSSR count). The number of nitrogens with zero attached hydrogens (tertiary/aromatic N) is 1. The molecule has 0 heterocycles. The first kappa shape index (κ1) is 15.4. The molecule has 0 N–H and O–H groups in total. The van der Waals surface area contributed by atoms with Gasteiger partial charge >= 0.3 is 5.69 Å². The number of nitro benzene ring substituents is 1. The summed E-state index contributed by atoms with van der Waals surface area (Å²) in [5.41, 5.74) is 2.04. The van der Waals surface area contributed by atoms with Gasteiger partial charge < -0.3 is 4.18 Å². The van der Waals surface area contributed by atoms with Crippen molar-refractivity contribution < 1.29 is 9.11 Å². The van der Waals surface area contributed by atoms with Gasteiger partial charge in [-0.15, -0.1) is 0 Å². The van der Waals surface area contributed by atoms with Gasteiger partial charge in [-0.2, -0.15) is 0 Å². The summed E-state index contributed by atoms with van der Waals surface area (Å²) < 4.78 is 5.68. The third-order valence-electron chi connectivity index (χ3n) is 3.03. The number of rotatable bonds is 6. The van der Waals surface area contributed by atoms with E-state index in [9.17, 15) is 10.1 Å². The van der Waals surface area contributed by atoms with Crippen LogP contribution in [0.15, 0.2) is 47.4 Å². The first-order chi connectivity index (χ1) is 10.1. The van der Waals surface area contributed by atoms with Crippen molar-refractivity contribution in [1.29, 1.82) is 0 Å². The van der Waals surface area contributed by atoms with E-state index in [1.807, 2.05) is 44.2 Å². The number of benzene rings is 2. The van der Waals surface area contributed by atoms with E-state index in [4.69, 9.17) is 4.18 Å². The Kier molecular flexibility index (Phi) is 5.22. The topological polar surface area (TPSA) is 52.4 Å². The summed E-state index contributed by atoms with van der Waals surface area (Å²) in [5.74, 6) is 0.356. The average molecular weight is 303 g/mol. The molecule has 4 nitrogen and oxygen atoms in total. The maximum absolute atomic E-state index is 11.2. The van der Waals surface area contributed by atoms with E-state index in [2.05, 4.69) is 0 Å². The minimum Gasteiger partial charge on any atom is -0.413 e. The van der Waals surface area contributed by atoms with E-state index in [0.29, 0.717) is 5.75 Å². The van der Waals surface area contributed by atoms with Crippen molar-refractivity contribution in [3.63, 3.8) is 0 Å². The summed E-state index contributed by atoms with van der Waals surface area (Å²) in [7, 11) is 0. The highest BCUT2D eigenvalue weighted by Gasteiger charge is 2.19. The largest absolute Gasteiger partial charge is 0.413 e. The maximum atomic E-state index is 11.2. The van der Waals surface area contributed by atoms with Gasteiger partial charge in [0.1, 0.15) is 0 Å². The SMILES string of the molecule is CCCc1cccc([N+](=O)[O-])c1OSc1ccc(C)cc1. The molecular weight excluding hydrogens is 286 g/mol. The molecule has 110 valence electrons. The zero-order valence-corrected chi connectivity index (χ0v) is 12.9. The van der Waals surface area contributed by atoms with Crippen molar-refractivity contribution in [3.05, 3.63) is 63.7 Å². The summed E-state index contributed by atoms with van der Waals surface area (Å²) in [6.07, 6.45) is 1.66. The van der Waals surface area contributed by atoms with Crippen LogP contribution in [0, 0.1) is 17.0 Å². The lowest BCUT2D eigenvalue weighted by atomic mass is 10.1. The van der Waals surface area contributed by atoms with Crippen molar-refractivity contribution in [2.75, 3.05) is 0 Å². The van der Waals surface area contributed by atoms with E-state index in [-0.39, 0.29) is 5.69 Å². The second-order valence-corrected chi connectivity index (χ2v) is 5.56. The Morgan fingerprint density at radius 1 is 1.19 bits per heavy atom. The van der Waals surface area contributed by atoms with Gasteiger partial charge in [-0.1, -0.05) is 43.2 Å². The number of para-hydroxylation sites is 1. The standard InChI is InChI=1S/C16H17NO3S/c1-3-5-13-6-4-7-15(17(18)19)16(13)20-21-14-10-8-12(2)9-11-14/h4,6-11H,3,5H2,1-2H3. The Morgan fingerprint density at radius 2 is 1.90 bits per heavy atom. The highest BCUT2D eigenvalue weighted by molar-refractivity contribution is 7.95. The first-order valence-corrected chi connectivity index (χ1v) is 7.53. The van der Waals surface area contributed by atoms with E-state index >= 15 is 0 Å². The molecular formula is C16H17NO3S. The highest BCUT2D eigenvalue weighted by Crippen LogP contribution is 2.36. The van der Waals surface area contributed by atoms with Crippen molar-refractivity contribution in [2.45, 2.75) is 31.6 Å². The fraction of sp³-hybridized carbons (Fsp3) is 0.250. The minimum absolute atomic E-state index is 0.0144. The Bertz CT molecular complexity index is 626. The van der Waals surface area contributed by atoms with Gasteiger partial charge in [-0.05, 0) is 25.5 Å². The van der Waals surface area contributed by atoms with Gasteiger partial charge in [0.2, 0.25) is 5.75 Å². The van der Waals surface area contributed by atoms with Crippen molar-refractivity contribution in [2.24, 2.45) is 0 Å². The minimum atomic E-state index is -0.399. The summed E-state index contributed by atoms with van der Waals surface area (Å²) in [4.78, 5) is 11.7. The maximum Gasteiger partial charge on any atom is 0.312 e. The summed E-state index contributed by atoms with van der Waals surface area (Å²) in [6.45, 7) is 4.05. The van der Waals surface area contributed by atoms with E-state index in [1.54, 1.807) is 6.07 Å². The monoisotopic (exact) mass is 303 g/mol. The lowest BCUT2D eigenvalue weighted by Gasteiger charge is -2.09. The second kappa shape index (κ2) is 7.13. The van der Waals surface area contributed by atoms with E-state index in [1.165, 1.54) is 6.07 Å². The van der Waals surface area contributed by atoms with Gasteiger partial charge in [0.05, 0.1) is 17.0 Å². The van der Waals surface area contributed by atoms with Crippen molar-refractivity contribution in [1.82, 2.24) is 0 Å². The molecule has 0 aliphatic carbocycles. The molecule has 0 bridgehead atoms. The molecule has 0 spiro atoms. The smallest absolute Gasteiger partial charge is 0.312 e. The Hall–Kier alpha value is -2.01. The molecule has 0 radical (unpaired) electrons. The third kappa shape index (κ3) is 3.98. The molecule has 0 atom stereocenters. The zero-order valence-electron chi connectivity index (χ0n) is 12.0. The zero-order chi connectivity index (χ0) is 15.2. The molecule has 2 aromatic rings. The molecule has 0 aliphatic rings. The van der Waals surface area contributed by atoms with E-state index < -0.39 is 4.92 Å². The van der Waals surface area contributed by atoms with E-state index in [0.717, 1.165) is 40.9 Å². The lowest BCUT2D eigenvalue weighted by Crippen LogP contribution is -1.97. The normalized spacial score (nSPS) is 10.4. The Morgan fingerprint density at radius 3 is 2.52 bits per heavy atom. The lowest BCUT2D eigenvalue weighted by molar-refractivity contribution is -0.385. The Labute approximate surface area is 128 Å². The number of hydrogen-bond acceptors (Lipinski definition) is 4. The molecule has 5 heteroatoms. The van der Waals surface area contributed by atoms with Crippen LogP contribution in [0.2, 0.25) is 0 Å². The molecule has 0 saturated carbocycles. The van der Waals surface area contributed by atoms with Crippen LogP contribution in [0.4, 0.5) is 5.69 Å². The van der Waals surface area contributed by atoms with Crippen LogP contribution < -0.4 is 4.18 Å². The van der Waals surface area contributed by atoms with Crippen LogP contribution in [0.25, 0.3) is 0 Å². The number of hydrogen-bond donors (Lipinski definition) is 0. The quantitative estimate of drug-likeness (QED) is 0.431. The predicted octanol–water partition coefficient (Wildman–Crippen LogP) is 4.94. The second-order valence-electron chi connectivity index (χ2n) is 4.75. The molecule has 0 aromatic heterocycles. The molecule has 0 amide bonds. The molecule has 0 saturated heterocycles. The van der Waals surface area contributed by atoms with Crippen molar-refractivity contribution >= 4 is 17.7 Å². The highest BCUT2D eigenvalue weighted by atomic mass is 32.2. The van der Waals surface area contributed by atoms with Gasteiger partial charge in [0.15, 0.2) is 0 Å². The van der Waals surface area contributed by atoms with Crippen LogP contribution >= 0.6 is 12.0 Å². The van der Waals surface area contributed by atoms with Crippen LogP contribution in [-0.2, 0) is 6.42 Å².